The number of hydrogen-bond acceptors (Lipinski definition) is 4. The van der Waals surface area contributed by atoms with E-state index in [2.05, 4.69) is 22.2 Å². The third-order valence-electron chi connectivity index (χ3n) is 3.36. The lowest BCUT2D eigenvalue weighted by Crippen LogP contribution is -2.28. The van der Waals surface area contributed by atoms with Crippen LogP contribution in [0.25, 0.3) is 0 Å². The van der Waals surface area contributed by atoms with Crippen LogP contribution in [0.2, 0.25) is 0 Å². The van der Waals surface area contributed by atoms with E-state index in [-0.39, 0.29) is 11.5 Å². The summed E-state index contributed by atoms with van der Waals surface area (Å²) in [6, 6.07) is 4.99. The molecule has 0 bridgehead atoms. The molecule has 0 radical (unpaired) electrons. The van der Waals surface area contributed by atoms with Gasteiger partial charge in [0.1, 0.15) is 0 Å². The van der Waals surface area contributed by atoms with Gasteiger partial charge in [0.05, 0.1) is 12.8 Å². The van der Waals surface area contributed by atoms with Crippen molar-refractivity contribution in [2.45, 2.75) is 26.4 Å². The molecule has 0 aliphatic carbocycles. The second-order valence-electron chi connectivity index (χ2n) is 4.54. The van der Waals surface area contributed by atoms with Gasteiger partial charge in [-0.15, -0.1) is 0 Å². The minimum absolute atomic E-state index is 0.0307. The number of hydrogen-bond donors (Lipinski definition) is 1. The first-order valence-electron chi connectivity index (χ1n) is 6.59. The fraction of sp³-hybridized carbons (Fsp3) is 0.500. The topological polar surface area (TPSA) is 42.9 Å². The van der Waals surface area contributed by atoms with Crippen molar-refractivity contribution in [2.24, 2.45) is 11.0 Å². The van der Waals surface area contributed by atoms with Gasteiger partial charge >= 0.3 is 6.61 Å². The molecule has 0 saturated heterocycles. The SMILES string of the molecule is CCC1CCNN=C1c1ccc(OC)c(OC(F)F)c1. The van der Waals surface area contributed by atoms with Crippen molar-refractivity contribution in [1.29, 1.82) is 0 Å². The van der Waals surface area contributed by atoms with Crippen molar-refractivity contribution < 1.29 is 18.3 Å². The van der Waals surface area contributed by atoms with Gasteiger partial charge in [0.25, 0.3) is 0 Å². The average molecular weight is 284 g/mol. The maximum atomic E-state index is 12.4. The van der Waals surface area contributed by atoms with Gasteiger partial charge in [-0.1, -0.05) is 6.92 Å². The summed E-state index contributed by atoms with van der Waals surface area (Å²) in [6.07, 6.45) is 1.93. The molecular formula is C14H18F2N2O2. The molecule has 1 atom stereocenters. The molecule has 0 fully saturated rings. The largest absolute Gasteiger partial charge is 0.493 e. The van der Waals surface area contributed by atoms with Crippen LogP contribution in [0.1, 0.15) is 25.3 Å². The number of nitrogens with one attached hydrogen (secondary N) is 1. The van der Waals surface area contributed by atoms with Crippen LogP contribution in [-0.4, -0.2) is 26.0 Å². The normalized spacial score (nSPS) is 18.4. The molecule has 0 amide bonds. The molecule has 1 unspecified atom stereocenters. The smallest absolute Gasteiger partial charge is 0.387 e. The lowest BCUT2D eigenvalue weighted by Gasteiger charge is -2.23. The molecule has 110 valence electrons. The van der Waals surface area contributed by atoms with Crippen molar-refractivity contribution in [3.05, 3.63) is 23.8 Å². The Morgan fingerprint density at radius 1 is 1.40 bits per heavy atom. The maximum Gasteiger partial charge on any atom is 0.387 e. The quantitative estimate of drug-likeness (QED) is 0.903. The third-order valence-corrected chi connectivity index (χ3v) is 3.36. The summed E-state index contributed by atoms with van der Waals surface area (Å²) in [6.45, 7) is 0.0389. The molecule has 4 nitrogen and oxygen atoms in total. The Labute approximate surface area is 116 Å². The number of halogens is 2. The van der Waals surface area contributed by atoms with Gasteiger partial charge in [0.2, 0.25) is 0 Å². The van der Waals surface area contributed by atoms with E-state index in [0.29, 0.717) is 5.92 Å². The van der Waals surface area contributed by atoms with Crippen molar-refractivity contribution in [3.8, 4) is 11.5 Å². The minimum Gasteiger partial charge on any atom is -0.493 e. The number of hydrazone groups is 1. The number of alkyl halides is 2. The second-order valence-corrected chi connectivity index (χ2v) is 4.54. The first-order valence-corrected chi connectivity index (χ1v) is 6.59. The van der Waals surface area contributed by atoms with E-state index in [0.717, 1.165) is 30.7 Å². The monoisotopic (exact) mass is 284 g/mol. The van der Waals surface area contributed by atoms with Crippen LogP contribution >= 0.6 is 0 Å². The van der Waals surface area contributed by atoms with Gasteiger partial charge < -0.3 is 14.9 Å². The Hall–Kier alpha value is -1.85. The predicted molar refractivity (Wildman–Crippen MR) is 72.6 cm³/mol. The fourth-order valence-electron chi connectivity index (χ4n) is 2.33. The zero-order valence-electron chi connectivity index (χ0n) is 11.5. The van der Waals surface area contributed by atoms with E-state index in [4.69, 9.17) is 4.74 Å². The van der Waals surface area contributed by atoms with Gasteiger partial charge in [-0.3, -0.25) is 0 Å². The van der Waals surface area contributed by atoms with Gasteiger partial charge in [0.15, 0.2) is 11.5 Å². The Bertz CT molecular complexity index is 492. The van der Waals surface area contributed by atoms with E-state index < -0.39 is 6.61 Å². The number of methoxy groups -OCH3 is 1. The summed E-state index contributed by atoms with van der Waals surface area (Å²) in [5.74, 6) is 0.638. The van der Waals surface area contributed by atoms with E-state index in [1.54, 1.807) is 12.1 Å². The van der Waals surface area contributed by atoms with Crippen molar-refractivity contribution in [3.63, 3.8) is 0 Å². The Kier molecular flexibility index (Phi) is 4.76. The maximum absolute atomic E-state index is 12.4. The summed E-state index contributed by atoms with van der Waals surface area (Å²) < 4.78 is 34.4. The van der Waals surface area contributed by atoms with Crippen molar-refractivity contribution >= 4 is 5.71 Å². The fourth-order valence-corrected chi connectivity index (χ4v) is 2.33. The van der Waals surface area contributed by atoms with E-state index in [1.165, 1.54) is 7.11 Å². The van der Waals surface area contributed by atoms with Gasteiger partial charge in [-0.2, -0.15) is 13.9 Å². The van der Waals surface area contributed by atoms with Gasteiger partial charge in [0, 0.05) is 18.0 Å². The molecule has 1 heterocycles. The van der Waals surface area contributed by atoms with E-state index in [9.17, 15) is 8.78 Å². The van der Waals surface area contributed by atoms with Crippen LogP contribution in [0, 0.1) is 5.92 Å². The van der Waals surface area contributed by atoms with E-state index in [1.807, 2.05) is 6.07 Å². The van der Waals surface area contributed by atoms with Crippen LogP contribution in [0.15, 0.2) is 23.3 Å². The van der Waals surface area contributed by atoms with Crippen LogP contribution in [0.3, 0.4) is 0 Å². The zero-order valence-corrected chi connectivity index (χ0v) is 11.5. The summed E-state index contributed by atoms with van der Waals surface area (Å²) in [7, 11) is 1.42. The number of rotatable bonds is 5. The Balaban J connectivity index is 2.34. The van der Waals surface area contributed by atoms with E-state index >= 15 is 0 Å². The summed E-state index contributed by atoms with van der Waals surface area (Å²) in [5, 5.41) is 4.31. The molecular weight excluding hydrogens is 266 g/mol. The van der Waals surface area contributed by atoms with Crippen LogP contribution in [0.4, 0.5) is 8.78 Å². The standard InChI is InChI=1S/C14H18F2N2O2/c1-3-9-6-7-17-18-13(9)10-4-5-11(19-2)12(8-10)20-14(15)16/h4-5,8-9,14,17H,3,6-7H2,1-2H3. The number of benzene rings is 1. The molecule has 1 N–H and O–H groups in total. The molecule has 6 heteroatoms. The molecule has 2 rings (SSSR count). The lowest BCUT2D eigenvalue weighted by atomic mass is 9.90. The minimum atomic E-state index is -2.88. The highest BCUT2D eigenvalue weighted by atomic mass is 19.3. The third kappa shape index (κ3) is 3.18. The summed E-state index contributed by atoms with van der Waals surface area (Å²) in [4.78, 5) is 0. The molecule has 1 aliphatic heterocycles. The molecule has 1 aromatic rings. The molecule has 0 spiro atoms. The second kappa shape index (κ2) is 6.54. The van der Waals surface area contributed by atoms with Crippen molar-refractivity contribution in [2.75, 3.05) is 13.7 Å². The van der Waals surface area contributed by atoms with Crippen molar-refractivity contribution in [1.82, 2.24) is 5.43 Å². The number of nitrogens with zero attached hydrogens (tertiary/aromatic N) is 1. The first kappa shape index (κ1) is 14.6. The Morgan fingerprint density at radius 3 is 2.85 bits per heavy atom. The molecule has 1 aromatic carbocycles. The first-order chi connectivity index (χ1) is 9.65. The highest BCUT2D eigenvalue weighted by molar-refractivity contribution is 6.02. The molecule has 1 aliphatic rings. The highest BCUT2D eigenvalue weighted by Gasteiger charge is 2.21. The Morgan fingerprint density at radius 2 is 2.20 bits per heavy atom. The molecule has 0 saturated carbocycles. The zero-order chi connectivity index (χ0) is 14.5. The van der Waals surface area contributed by atoms with Gasteiger partial charge in [-0.25, -0.2) is 0 Å². The summed E-state index contributed by atoms with van der Waals surface area (Å²) >= 11 is 0. The number of ether oxygens (including phenoxy) is 2. The molecule has 20 heavy (non-hydrogen) atoms. The average Bonchev–Trinajstić information content (AvgIpc) is 2.46. The van der Waals surface area contributed by atoms with Crippen LogP contribution in [0.5, 0.6) is 11.5 Å². The predicted octanol–water partition coefficient (Wildman–Crippen LogP) is 3.02. The summed E-state index contributed by atoms with van der Waals surface area (Å²) in [5.41, 5.74) is 4.61. The van der Waals surface area contributed by atoms with Crippen LogP contribution < -0.4 is 14.9 Å². The van der Waals surface area contributed by atoms with Crippen LogP contribution in [-0.2, 0) is 0 Å². The molecule has 0 aromatic heterocycles. The van der Waals surface area contributed by atoms with Gasteiger partial charge in [-0.05, 0) is 31.0 Å². The highest BCUT2D eigenvalue weighted by Crippen LogP contribution is 2.31. The lowest BCUT2D eigenvalue weighted by molar-refractivity contribution is -0.0512.